The summed E-state index contributed by atoms with van der Waals surface area (Å²) in [6.07, 6.45) is 3.25. The van der Waals surface area contributed by atoms with Crippen molar-refractivity contribution in [1.82, 2.24) is 24.6 Å². The van der Waals surface area contributed by atoms with Crippen LogP contribution in [0.2, 0.25) is 0 Å². The summed E-state index contributed by atoms with van der Waals surface area (Å²) in [5, 5.41) is 20.9. The first-order valence-corrected chi connectivity index (χ1v) is 11.9. The van der Waals surface area contributed by atoms with E-state index < -0.39 is 6.04 Å². The van der Waals surface area contributed by atoms with Crippen LogP contribution in [-0.2, 0) is 4.79 Å². The zero-order valence-corrected chi connectivity index (χ0v) is 20.5. The van der Waals surface area contributed by atoms with Crippen LogP contribution in [0.3, 0.4) is 0 Å². The lowest BCUT2D eigenvalue weighted by molar-refractivity contribution is -0.136. The summed E-state index contributed by atoms with van der Waals surface area (Å²) in [5.74, 6) is 0.412. The maximum absolute atomic E-state index is 12.8. The first-order chi connectivity index (χ1) is 16.2. The molecular weight excluding hydrogens is 454 g/mol. The molecule has 1 unspecified atom stereocenters. The van der Waals surface area contributed by atoms with Gasteiger partial charge in [0.15, 0.2) is 10.9 Å². The average Bonchev–Trinajstić information content (AvgIpc) is 3.49. The number of aryl methyl sites for hydroxylation is 1. The maximum atomic E-state index is 12.8. The van der Waals surface area contributed by atoms with Crippen molar-refractivity contribution in [2.45, 2.75) is 26.8 Å². The molecule has 10 nitrogen and oxygen atoms in total. The monoisotopic (exact) mass is 483 g/mol. The van der Waals surface area contributed by atoms with Crippen LogP contribution in [0.5, 0.6) is 5.75 Å². The molecule has 0 radical (unpaired) electrons. The van der Waals surface area contributed by atoms with Crippen molar-refractivity contribution in [3.8, 4) is 5.75 Å². The Morgan fingerprint density at radius 3 is 2.62 bits per heavy atom. The third-order valence-electron chi connectivity index (χ3n) is 6.03. The number of anilines is 3. The lowest BCUT2D eigenvalue weighted by Gasteiger charge is -2.33. The van der Waals surface area contributed by atoms with E-state index in [1.165, 1.54) is 17.5 Å². The minimum absolute atomic E-state index is 0.0495. The average molecular weight is 484 g/mol. The fourth-order valence-corrected chi connectivity index (χ4v) is 4.49. The third-order valence-corrected chi connectivity index (χ3v) is 6.94. The number of likely N-dealkylation sites (N-methyl/N-ethyl adjacent to an activating group) is 1. The van der Waals surface area contributed by atoms with Crippen LogP contribution < -0.4 is 10.6 Å². The molecule has 2 amide bonds. The number of rotatable bonds is 6. The molecule has 3 aromatic rings. The van der Waals surface area contributed by atoms with E-state index in [1.54, 1.807) is 36.0 Å². The van der Waals surface area contributed by atoms with Gasteiger partial charge in [0.1, 0.15) is 16.7 Å². The van der Waals surface area contributed by atoms with Crippen LogP contribution in [0.1, 0.15) is 33.8 Å². The number of benzene rings is 1. The van der Waals surface area contributed by atoms with Crippen molar-refractivity contribution in [3.63, 3.8) is 0 Å². The zero-order chi connectivity index (χ0) is 24.4. The van der Waals surface area contributed by atoms with Crippen LogP contribution in [0, 0.1) is 13.8 Å². The lowest BCUT2D eigenvalue weighted by Crippen LogP contribution is -2.49. The molecule has 0 bridgehead atoms. The largest absolute Gasteiger partial charge is 0.508 e. The highest BCUT2D eigenvalue weighted by atomic mass is 32.1. The molecule has 1 aromatic carbocycles. The summed E-state index contributed by atoms with van der Waals surface area (Å²) in [6, 6.07) is 4.72. The number of nitrogens with one attached hydrogen (secondary N) is 2. The molecule has 0 aliphatic carbocycles. The Hall–Kier alpha value is -3.44. The number of phenolic OH excluding ortho intramolecular Hbond substituents is 1. The fourth-order valence-electron chi connectivity index (χ4n) is 3.77. The molecule has 3 N–H and O–H groups in total. The number of nitrogens with zero attached hydrogens (tertiary/aromatic N) is 5. The molecule has 11 heteroatoms. The van der Waals surface area contributed by atoms with Crippen molar-refractivity contribution in [2.24, 2.45) is 0 Å². The predicted molar refractivity (Wildman–Crippen MR) is 132 cm³/mol. The van der Waals surface area contributed by atoms with Gasteiger partial charge in [0, 0.05) is 44.0 Å². The van der Waals surface area contributed by atoms with Crippen LogP contribution in [0.25, 0.3) is 0 Å². The second-order valence-electron chi connectivity index (χ2n) is 8.50. The van der Waals surface area contributed by atoms with Gasteiger partial charge in [0.05, 0.1) is 11.9 Å². The topological polar surface area (TPSA) is 116 Å². The van der Waals surface area contributed by atoms with Crippen molar-refractivity contribution in [1.29, 1.82) is 0 Å². The maximum Gasteiger partial charge on any atom is 0.267 e. The van der Waals surface area contributed by atoms with Gasteiger partial charge in [-0.1, -0.05) is 17.4 Å². The number of aromatic hydroxyl groups is 1. The number of carbonyl (C=O) groups is 2. The van der Waals surface area contributed by atoms with Gasteiger partial charge in [-0.25, -0.2) is 4.98 Å². The second kappa shape index (κ2) is 9.82. The molecule has 1 atom stereocenters. The van der Waals surface area contributed by atoms with E-state index in [9.17, 15) is 14.7 Å². The molecule has 1 fully saturated rings. The van der Waals surface area contributed by atoms with Gasteiger partial charge in [-0.2, -0.15) is 5.10 Å². The predicted octanol–water partition coefficient (Wildman–Crippen LogP) is 2.99. The summed E-state index contributed by atoms with van der Waals surface area (Å²) in [6.45, 7) is 8.64. The van der Waals surface area contributed by atoms with E-state index in [2.05, 4.69) is 32.7 Å². The summed E-state index contributed by atoms with van der Waals surface area (Å²) in [5.41, 5.74) is 2.06. The SMILES string of the molecule is Cc1ccc(O)c(C)c1NC(=O)c1cnc(Nc2ccn(C(C)C(=O)N3CCN(C)CC3)n2)s1. The minimum atomic E-state index is -0.412. The Morgan fingerprint density at radius 2 is 1.88 bits per heavy atom. The first kappa shape index (κ1) is 23.7. The van der Waals surface area contributed by atoms with Crippen LogP contribution >= 0.6 is 11.3 Å². The first-order valence-electron chi connectivity index (χ1n) is 11.1. The van der Waals surface area contributed by atoms with Gasteiger partial charge in [0.25, 0.3) is 5.91 Å². The van der Waals surface area contributed by atoms with Gasteiger partial charge in [-0.05, 0) is 39.4 Å². The van der Waals surface area contributed by atoms with Crippen LogP contribution in [-0.4, -0.2) is 74.7 Å². The molecule has 0 spiro atoms. The van der Waals surface area contributed by atoms with Gasteiger partial charge < -0.3 is 25.5 Å². The van der Waals surface area contributed by atoms with Crippen molar-refractivity contribution >= 4 is 39.8 Å². The highest BCUT2D eigenvalue weighted by Gasteiger charge is 2.25. The van der Waals surface area contributed by atoms with E-state index in [0.717, 1.165) is 31.7 Å². The lowest BCUT2D eigenvalue weighted by atomic mass is 10.1. The molecule has 4 rings (SSSR count). The standard InChI is InChI=1S/C23H29N7O3S/c1-14-5-6-17(31)15(2)20(14)26-21(32)18-13-24-23(34-18)25-19-7-8-30(27-19)16(3)22(33)29-11-9-28(4)10-12-29/h5-8,13,16,31H,9-12H2,1-4H3,(H,26,32)(H,24,25,27). The van der Waals surface area contributed by atoms with Gasteiger partial charge in [-0.3, -0.25) is 14.3 Å². The number of hydrogen-bond acceptors (Lipinski definition) is 8. The van der Waals surface area contributed by atoms with E-state index in [-0.39, 0.29) is 17.6 Å². The highest BCUT2D eigenvalue weighted by Crippen LogP contribution is 2.29. The molecular formula is C23H29N7O3S. The summed E-state index contributed by atoms with van der Waals surface area (Å²) in [7, 11) is 2.05. The summed E-state index contributed by atoms with van der Waals surface area (Å²) in [4.78, 5) is 34.3. The number of aromatic nitrogens is 3. The summed E-state index contributed by atoms with van der Waals surface area (Å²) < 4.78 is 1.64. The smallest absolute Gasteiger partial charge is 0.267 e. The molecule has 2 aromatic heterocycles. The van der Waals surface area contributed by atoms with E-state index in [0.29, 0.717) is 27.1 Å². The Kier molecular flexibility index (Phi) is 6.85. The van der Waals surface area contributed by atoms with Crippen molar-refractivity contribution in [2.75, 3.05) is 43.9 Å². The van der Waals surface area contributed by atoms with Crippen molar-refractivity contribution < 1.29 is 14.7 Å². The number of piperazine rings is 1. The van der Waals surface area contributed by atoms with Gasteiger partial charge in [0.2, 0.25) is 5.91 Å². The molecule has 1 saturated heterocycles. The molecule has 34 heavy (non-hydrogen) atoms. The number of thiazole rings is 1. The van der Waals surface area contributed by atoms with Crippen LogP contribution in [0.15, 0.2) is 30.6 Å². The number of phenols is 1. The Bertz CT molecular complexity index is 1200. The third kappa shape index (κ3) is 5.05. The van der Waals surface area contributed by atoms with Gasteiger partial charge >= 0.3 is 0 Å². The highest BCUT2D eigenvalue weighted by molar-refractivity contribution is 7.17. The quantitative estimate of drug-likeness (QED) is 0.494. The van der Waals surface area contributed by atoms with E-state index in [4.69, 9.17) is 0 Å². The molecule has 180 valence electrons. The van der Waals surface area contributed by atoms with Crippen LogP contribution in [0.4, 0.5) is 16.6 Å². The second-order valence-corrected chi connectivity index (χ2v) is 9.53. The Balaban J connectivity index is 1.39. The van der Waals surface area contributed by atoms with Crippen molar-refractivity contribution in [3.05, 3.63) is 46.6 Å². The van der Waals surface area contributed by atoms with E-state index in [1.807, 2.05) is 18.7 Å². The number of hydrogen-bond donors (Lipinski definition) is 3. The molecule has 1 aliphatic rings. The van der Waals surface area contributed by atoms with Gasteiger partial charge in [-0.15, -0.1) is 0 Å². The minimum Gasteiger partial charge on any atom is -0.508 e. The number of amides is 2. The van der Waals surface area contributed by atoms with E-state index >= 15 is 0 Å². The normalized spacial score (nSPS) is 15.2. The molecule has 1 aliphatic heterocycles. The Labute approximate surface area is 202 Å². The molecule has 0 saturated carbocycles. The zero-order valence-electron chi connectivity index (χ0n) is 19.7. The Morgan fingerprint density at radius 1 is 1.15 bits per heavy atom. The fraction of sp³-hybridized carbons (Fsp3) is 0.391. The summed E-state index contributed by atoms with van der Waals surface area (Å²) >= 11 is 1.19. The molecule has 3 heterocycles. The number of carbonyl (C=O) groups excluding carboxylic acids is 2.